The van der Waals surface area contributed by atoms with Crippen molar-refractivity contribution in [1.82, 2.24) is 14.8 Å². The van der Waals surface area contributed by atoms with Gasteiger partial charge in [0, 0.05) is 35.2 Å². The van der Waals surface area contributed by atoms with Gasteiger partial charge >= 0.3 is 0 Å². The second-order valence-corrected chi connectivity index (χ2v) is 7.47. The number of methoxy groups -OCH3 is 3. The van der Waals surface area contributed by atoms with Gasteiger partial charge in [0.1, 0.15) is 17.5 Å². The molecule has 0 fully saturated rings. The first-order chi connectivity index (χ1) is 16.4. The third-order valence-electron chi connectivity index (χ3n) is 5.37. The molecule has 0 aliphatic rings. The molecule has 2 amide bonds. The molecule has 1 atom stereocenters. The van der Waals surface area contributed by atoms with Gasteiger partial charge in [-0.05, 0) is 37.3 Å². The number of ether oxygens (including phenoxy) is 3. The first-order valence-corrected chi connectivity index (χ1v) is 10.5. The number of benzene rings is 2. The molecule has 0 saturated heterocycles. The van der Waals surface area contributed by atoms with Crippen molar-refractivity contribution in [3.05, 3.63) is 60.6 Å². The molecule has 0 aliphatic carbocycles. The first-order valence-electron chi connectivity index (χ1n) is 10.5. The van der Waals surface area contributed by atoms with Crippen molar-refractivity contribution in [2.45, 2.75) is 13.0 Å². The minimum Gasteiger partial charge on any atom is -0.496 e. The molecular weight excluding hydrogens is 438 g/mol. The second kappa shape index (κ2) is 9.57. The summed E-state index contributed by atoms with van der Waals surface area (Å²) >= 11 is 0. The van der Waals surface area contributed by atoms with Crippen molar-refractivity contribution in [1.29, 1.82) is 0 Å². The summed E-state index contributed by atoms with van der Waals surface area (Å²) in [5.74, 6) is 0.893. The van der Waals surface area contributed by atoms with Crippen LogP contribution in [0.15, 0.2) is 54.9 Å². The number of aromatic nitrogens is 3. The highest BCUT2D eigenvalue weighted by molar-refractivity contribution is 6.08. The summed E-state index contributed by atoms with van der Waals surface area (Å²) in [6.07, 6.45) is 3.34. The van der Waals surface area contributed by atoms with Gasteiger partial charge in [-0.1, -0.05) is 6.07 Å². The molecule has 2 aromatic heterocycles. The van der Waals surface area contributed by atoms with Crippen molar-refractivity contribution in [3.63, 3.8) is 0 Å². The van der Waals surface area contributed by atoms with Crippen LogP contribution >= 0.6 is 0 Å². The van der Waals surface area contributed by atoms with E-state index in [0.717, 1.165) is 0 Å². The minimum absolute atomic E-state index is 0.226. The molecule has 0 radical (unpaired) electrons. The van der Waals surface area contributed by atoms with E-state index in [-0.39, 0.29) is 11.8 Å². The fourth-order valence-electron chi connectivity index (χ4n) is 3.61. The van der Waals surface area contributed by atoms with Crippen LogP contribution in [0, 0.1) is 0 Å². The van der Waals surface area contributed by atoms with Crippen molar-refractivity contribution in [2.24, 2.45) is 0 Å². The van der Waals surface area contributed by atoms with Crippen LogP contribution in [0.5, 0.6) is 17.2 Å². The average molecular weight is 463 g/mol. The Labute approximate surface area is 195 Å². The summed E-state index contributed by atoms with van der Waals surface area (Å²) in [5, 5.41) is 10.5. The number of hydrogen-bond acceptors (Lipinski definition) is 6. The van der Waals surface area contributed by atoms with E-state index in [0.29, 0.717) is 45.2 Å². The average Bonchev–Trinajstić information content (AvgIpc) is 3.53. The number of carbonyl (C=O) groups is 2. The molecule has 176 valence electrons. The molecule has 2 aromatic carbocycles. The lowest BCUT2D eigenvalue weighted by molar-refractivity contribution is -0.119. The Morgan fingerprint density at radius 3 is 2.35 bits per heavy atom. The molecule has 2 heterocycles. The van der Waals surface area contributed by atoms with Crippen LogP contribution in [-0.2, 0) is 4.79 Å². The van der Waals surface area contributed by atoms with Gasteiger partial charge in [-0.3, -0.25) is 14.3 Å². The Balaban J connectivity index is 1.54. The lowest BCUT2D eigenvalue weighted by Gasteiger charge is -2.13. The van der Waals surface area contributed by atoms with E-state index in [1.807, 2.05) is 0 Å². The largest absolute Gasteiger partial charge is 0.496 e. The van der Waals surface area contributed by atoms with E-state index in [2.05, 4.69) is 20.7 Å². The van der Waals surface area contributed by atoms with Gasteiger partial charge < -0.3 is 29.8 Å². The molecule has 3 N–H and O–H groups in total. The highest BCUT2D eigenvalue weighted by Crippen LogP contribution is 2.41. The molecule has 0 saturated carbocycles. The number of carbonyl (C=O) groups excluding carboxylic acids is 2. The van der Waals surface area contributed by atoms with Crippen LogP contribution < -0.4 is 24.8 Å². The molecule has 0 aliphatic heterocycles. The lowest BCUT2D eigenvalue weighted by Crippen LogP contribution is -2.24. The predicted octanol–water partition coefficient (Wildman–Crippen LogP) is 3.84. The summed E-state index contributed by atoms with van der Waals surface area (Å²) in [6.45, 7) is 1.75. The van der Waals surface area contributed by atoms with Gasteiger partial charge in [-0.15, -0.1) is 0 Å². The number of aromatic amines is 1. The zero-order valence-corrected chi connectivity index (χ0v) is 19.2. The van der Waals surface area contributed by atoms with Crippen LogP contribution in [0.2, 0.25) is 0 Å². The third-order valence-corrected chi connectivity index (χ3v) is 5.37. The van der Waals surface area contributed by atoms with Gasteiger partial charge in [0.05, 0.1) is 26.8 Å². The highest BCUT2D eigenvalue weighted by Gasteiger charge is 2.20. The SMILES string of the molecule is COc1cc(OC)c2cc(C(=O)Nc3cccc(NC(=O)C(C)n4cccn4)c3)[nH]c2c1OC. The predicted molar refractivity (Wildman–Crippen MR) is 128 cm³/mol. The number of rotatable bonds is 8. The normalized spacial score (nSPS) is 11.6. The van der Waals surface area contributed by atoms with E-state index < -0.39 is 6.04 Å². The zero-order chi connectivity index (χ0) is 24.2. The third kappa shape index (κ3) is 4.38. The summed E-state index contributed by atoms with van der Waals surface area (Å²) < 4.78 is 17.9. The second-order valence-electron chi connectivity index (χ2n) is 7.47. The molecular formula is C24H25N5O5. The Bertz CT molecular complexity index is 1330. The molecule has 4 aromatic rings. The van der Waals surface area contributed by atoms with Crippen LogP contribution in [0.25, 0.3) is 10.9 Å². The number of nitrogens with one attached hydrogen (secondary N) is 3. The van der Waals surface area contributed by atoms with E-state index in [1.165, 1.54) is 14.2 Å². The molecule has 34 heavy (non-hydrogen) atoms. The standard InChI is InChI=1S/C24H25N5O5/c1-14(29-10-6-9-25-29)23(30)26-15-7-5-8-16(11-15)27-24(31)18-12-17-19(32-2)13-20(33-3)22(34-4)21(17)28-18/h5-14,28H,1-4H3,(H,26,30)(H,27,31). The van der Waals surface area contributed by atoms with Gasteiger partial charge in [0.2, 0.25) is 5.91 Å². The number of nitrogens with zero attached hydrogens (tertiary/aromatic N) is 2. The fourth-order valence-corrected chi connectivity index (χ4v) is 3.61. The van der Waals surface area contributed by atoms with Crippen molar-refractivity contribution in [2.75, 3.05) is 32.0 Å². The molecule has 4 rings (SSSR count). The lowest BCUT2D eigenvalue weighted by atomic mass is 10.2. The Hall–Kier alpha value is -4.47. The summed E-state index contributed by atoms with van der Waals surface area (Å²) in [6, 6.07) is 11.6. The van der Waals surface area contributed by atoms with E-state index in [9.17, 15) is 9.59 Å². The van der Waals surface area contributed by atoms with E-state index in [4.69, 9.17) is 14.2 Å². The Kier molecular flexibility index (Phi) is 6.39. The number of hydrogen-bond donors (Lipinski definition) is 3. The quantitative estimate of drug-likeness (QED) is 0.365. The minimum atomic E-state index is -0.485. The van der Waals surface area contributed by atoms with Gasteiger partial charge in [-0.2, -0.15) is 5.10 Å². The van der Waals surface area contributed by atoms with Gasteiger partial charge in [0.25, 0.3) is 5.91 Å². The summed E-state index contributed by atoms with van der Waals surface area (Å²) in [4.78, 5) is 28.6. The van der Waals surface area contributed by atoms with Crippen molar-refractivity contribution < 1.29 is 23.8 Å². The zero-order valence-electron chi connectivity index (χ0n) is 19.2. The van der Waals surface area contributed by atoms with E-state index in [1.54, 1.807) is 73.6 Å². The monoisotopic (exact) mass is 463 g/mol. The fraction of sp³-hybridized carbons (Fsp3) is 0.208. The van der Waals surface area contributed by atoms with Crippen LogP contribution in [0.3, 0.4) is 0 Å². The Morgan fingerprint density at radius 1 is 0.971 bits per heavy atom. The van der Waals surface area contributed by atoms with Gasteiger partial charge in [0.15, 0.2) is 11.5 Å². The number of fused-ring (bicyclic) bond motifs is 1. The van der Waals surface area contributed by atoms with Crippen molar-refractivity contribution in [3.8, 4) is 17.2 Å². The Morgan fingerprint density at radius 2 is 1.71 bits per heavy atom. The van der Waals surface area contributed by atoms with Crippen LogP contribution in [-0.4, -0.2) is 47.9 Å². The molecule has 10 heteroatoms. The van der Waals surface area contributed by atoms with Crippen molar-refractivity contribution >= 4 is 34.1 Å². The van der Waals surface area contributed by atoms with E-state index >= 15 is 0 Å². The van der Waals surface area contributed by atoms with Gasteiger partial charge in [-0.25, -0.2) is 0 Å². The molecule has 10 nitrogen and oxygen atoms in total. The smallest absolute Gasteiger partial charge is 0.272 e. The van der Waals surface area contributed by atoms with Crippen LogP contribution in [0.1, 0.15) is 23.5 Å². The molecule has 1 unspecified atom stereocenters. The topological polar surface area (TPSA) is 120 Å². The maximum atomic E-state index is 13.0. The number of anilines is 2. The highest BCUT2D eigenvalue weighted by atomic mass is 16.5. The number of H-pyrrole nitrogens is 1. The molecule has 0 spiro atoms. The summed E-state index contributed by atoms with van der Waals surface area (Å²) in [5.41, 5.74) is 1.95. The number of amides is 2. The van der Waals surface area contributed by atoms with Crippen LogP contribution in [0.4, 0.5) is 11.4 Å². The maximum absolute atomic E-state index is 13.0. The first kappa shape index (κ1) is 22.7. The summed E-state index contributed by atoms with van der Waals surface area (Å²) in [7, 11) is 4.60. The molecule has 0 bridgehead atoms. The maximum Gasteiger partial charge on any atom is 0.272 e.